The van der Waals surface area contributed by atoms with Gasteiger partial charge in [-0.15, -0.1) is 0 Å². The number of pyridine rings is 1. The van der Waals surface area contributed by atoms with Crippen molar-refractivity contribution in [2.24, 2.45) is 0 Å². The van der Waals surface area contributed by atoms with Crippen LogP contribution in [0.2, 0.25) is 5.02 Å². The van der Waals surface area contributed by atoms with E-state index < -0.39 is 0 Å². The third-order valence-corrected chi connectivity index (χ3v) is 5.21. The lowest BCUT2D eigenvalue weighted by Gasteiger charge is -2.15. The molecule has 1 fully saturated rings. The van der Waals surface area contributed by atoms with Gasteiger partial charge in [0.05, 0.1) is 0 Å². The molecule has 27 heavy (non-hydrogen) atoms. The van der Waals surface area contributed by atoms with Crippen molar-refractivity contribution in [2.75, 3.05) is 19.6 Å². The molecule has 4 rings (SSSR count). The van der Waals surface area contributed by atoms with Crippen molar-refractivity contribution < 1.29 is 4.79 Å². The number of nitrogens with one attached hydrogen (secondary N) is 1. The van der Waals surface area contributed by atoms with Crippen molar-refractivity contribution in [2.45, 2.75) is 25.9 Å². The number of hydrogen-bond acceptors (Lipinski definition) is 4. The second-order valence-electron chi connectivity index (χ2n) is 6.82. The Morgan fingerprint density at radius 3 is 3.00 bits per heavy atom. The normalized spacial score (nSPS) is 17.5. The van der Waals surface area contributed by atoms with Gasteiger partial charge in [-0.25, -0.2) is 9.97 Å². The SMILES string of the molecule is CCN1CCC(NC(=O)Cn2c(-c3cccc(Cl)c3)nc3cccnc32)C1. The first-order valence-corrected chi connectivity index (χ1v) is 9.60. The molecule has 1 N–H and O–H groups in total. The second kappa shape index (κ2) is 7.66. The Morgan fingerprint density at radius 1 is 1.33 bits per heavy atom. The van der Waals surface area contributed by atoms with Gasteiger partial charge in [0.1, 0.15) is 17.9 Å². The zero-order valence-corrected chi connectivity index (χ0v) is 16.0. The van der Waals surface area contributed by atoms with Gasteiger partial charge < -0.3 is 10.2 Å². The smallest absolute Gasteiger partial charge is 0.240 e. The van der Waals surface area contributed by atoms with Gasteiger partial charge in [-0.1, -0.05) is 30.7 Å². The fraction of sp³-hybridized carbons (Fsp3) is 0.350. The molecule has 1 aliphatic rings. The summed E-state index contributed by atoms with van der Waals surface area (Å²) >= 11 is 6.16. The summed E-state index contributed by atoms with van der Waals surface area (Å²) in [5.74, 6) is 0.675. The quantitative estimate of drug-likeness (QED) is 0.735. The molecule has 6 nitrogen and oxygen atoms in total. The van der Waals surface area contributed by atoms with E-state index in [2.05, 4.69) is 27.1 Å². The van der Waals surface area contributed by atoms with Crippen molar-refractivity contribution in [3.8, 4) is 11.4 Å². The summed E-state index contributed by atoms with van der Waals surface area (Å²) in [6.45, 7) is 5.28. The topological polar surface area (TPSA) is 63.1 Å². The number of halogens is 1. The molecule has 140 valence electrons. The molecule has 0 saturated carbocycles. The first-order valence-electron chi connectivity index (χ1n) is 9.23. The number of imidazole rings is 1. The van der Waals surface area contributed by atoms with Gasteiger partial charge in [-0.05, 0) is 37.2 Å². The summed E-state index contributed by atoms with van der Waals surface area (Å²) in [6.07, 6.45) is 2.71. The molecule has 1 aliphatic heterocycles. The van der Waals surface area contributed by atoms with E-state index in [1.165, 1.54) is 0 Å². The van der Waals surface area contributed by atoms with Gasteiger partial charge >= 0.3 is 0 Å². The zero-order valence-electron chi connectivity index (χ0n) is 15.2. The van der Waals surface area contributed by atoms with Crippen LogP contribution in [-0.4, -0.2) is 51.0 Å². The minimum atomic E-state index is -0.0221. The minimum Gasteiger partial charge on any atom is -0.350 e. The highest BCUT2D eigenvalue weighted by molar-refractivity contribution is 6.30. The van der Waals surface area contributed by atoms with Crippen LogP contribution in [0.15, 0.2) is 42.6 Å². The summed E-state index contributed by atoms with van der Waals surface area (Å²) in [6, 6.07) is 11.5. The predicted molar refractivity (Wildman–Crippen MR) is 107 cm³/mol. The van der Waals surface area contributed by atoms with Crippen molar-refractivity contribution in [1.82, 2.24) is 24.8 Å². The molecule has 0 spiro atoms. The highest BCUT2D eigenvalue weighted by Gasteiger charge is 2.23. The highest BCUT2D eigenvalue weighted by Crippen LogP contribution is 2.25. The first kappa shape index (κ1) is 17.9. The molecule has 1 saturated heterocycles. The van der Waals surface area contributed by atoms with Gasteiger partial charge in [0.15, 0.2) is 5.65 Å². The standard InChI is InChI=1S/C20H22ClN5O/c1-2-25-10-8-16(12-25)23-18(27)13-26-19(14-5-3-6-15(21)11-14)24-17-7-4-9-22-20(17)26/h3-7,9,11,16H,2,8,10,12-13H2,1H3,(H,23,27). The van der Waals surface area contributed by atoms with Crippen LogP contribution in [0.25, 0.3) is 22.6 Å². The van der Waals surface area contributed by atoms with Crippen LogP contribution in [0.4, 0.5) is 0 Å². The third-order valence-electron chi connectivity index (χ3n) is 4.97. The molecule has 0 aliphatic carbocycles. The molecule has 1 unspecified atom stereocenters. The van der Waals surface area contributed by atoms with E-state index in [0.717, 1.165) is 37.1 Å². The predicted octanol–water partition coefficient (Wildman–Crippen LogP) is 2.96. The number of hydrogen-bond donors (Lipinski definition) is 1. The molecule has 1 atom stereocenters. The fourth-order valence-electron chi connectivity index (χ4n) is 3.61. The minimum absolute atomic E-state index is 0.0221. The molecular weight excluding hydrogens is 362 g/mol. The molecule has 2 aromatic heterocycles. The van der Waals surface area contributed by atoms with Crippen molar-refractivity contribution >= 4 is 28.7 Å². The average molecular weight is 384 g/mol. The Morgan fingerprint density at radius 2 is 2.22 bits per heavy atom. The average Bonchev–Trinajstić information content (AvgIpc) is 3.26. The van der Waals surface area contributed by atoms with Crippen molar-refractivity contribution in [3.05, 3.63) is 47.6 Å². The lowest BCUT2D eigenvalue weighted by Crippen LogP contribution is -2.39. The molecule has 3 heterocycles. The van der Waals surface area contributed by atoms with Crippen molar-refractivity contribution in [1.29, 1.82) is 0 Å². The van der Waals surface area contributed by atoms with Crippen LogP contribution < -0.4 is 5.32 Å². The number of carbonyl (C=O) groups is 1. The van der Waals surface area contributed by atoms with Gasteiger partial charge in [0.25, 0.3) is 0 Å². The number of amides is 1. The lowest BCUT2D eigenvalue weighted by atomic mass is 10.2. The lowest BCUT2D eigenvalue weighted by molar-refractivity contribution is -0.122. The van der Waals surface area contributed by atoms with E-state index in [4.69, 9.17) is 11.6 Å². The maximum Gasteiger partial charge on any atom is 0.240 e. The third kappa shape index (κ3) is 3.82. The van der Waals surface area contributed by atoms with Crippen LogP contribution in [0.1, 0.15) is 13.3 Å². The molecule has 1 aromatic carbocycles. The van der Waals surface area contributed by atoms with Gasteiger partial charge in [0, 0.05) is 35.9 Å². The van der Waals surface area contributed by atoms with Crippen LogP contribution in [-0.2, 0) is 11.3 Å². The van der Waals surface area contributed by atoms with E-state index >= 15 is 0 Å². The van der Waals surface area contributed by atoms with E-state index in [1.807, 2.05) is 41.0 Å². The first-order chi connectivity index (χ1) is 13.1. The monoisotopic (exact) mass is 383 g/mol. The summed E-state index contributed by atoms with van der Waals surface area (Å²) in [4.78, 5) is 24.2. The Labute approximate surface area is 163 Å². The van der Waals surface area contributed by atoms with E-state index in [0.29, 0.717) is 16.5 Å². The molecule has 0 bridgehead atoms. The number of rotatable bonds is 5. The maximum atomic E-state index is 12.7. The summed E-state index contributed by atoms with van der Waals surface area (Å²) in [7, 11) is 0. The Balaban J connectivity index is 1.62. The van der Waals surface area contributed by atoms with Gasteiger partial charge in [0.2, 0.25) is 5.91 Å². The number of carbonyl (C=O) groups excluding carboxylic acids is 1. The number of likely N-dealkylation sites (tertiary alicyclic amines) is 1. The van der Waals surface area contributed by atoms with Crippen LogP contribution in [0, 0.1) is 0 Å². The van der Waals surface area contributed by atoms with Crippen LogP contribution >= 0.6 is 11.6 Å². The Kier molecular flexibility index (Phi) is 5.09. The van der Waals surface area contributed by atoms with E-state index in [-0.39, 0.29) is 18.5 Å². The van der Waals surface area contributed by atoms with Crippen LogP contribution in [0.5, 0.6) is 0 Å². The van der Waals surface area contributed by atoms with Gasteiger partial charge in [-0.3, -0.25) is 9.36 Å². The summed E-state index contributed by atoms with van der Waals surface area (Å²) in [5.41, 5.74) is 2.33. The Bertz CT molecular complexity index is 970. The van der Waals surface area contributed by atoms with Crippen molar-refractivity contribution in [3.63, 3.8) is 0 Å². The maximum absolute atomic E-state index is 12.7. The number of nitrogens with zero attached hydrogens (tertiary/aromatic N) is 4. The largest absolute Gasteiger partial charge is 0.350 e. The zero-order chi connectivity index (χ0) is 18.8. The molecule has 7 heteroatoms. The van der Waals surface area contributed by atoms with Crippen LogP contribution in [0.3, 0.4) is 0 Å². The highest BCUT2D eigenvalue weighted by atomic mass is 35.5. The number of benzene rings is 1. The summed E-state index contributed by atoms with van der Waals surface area (Å²) < 4.78 is 1.86. The molecule has 1 amide bonds. The van der Waals surface area contributed by atoms with Gasteiger partial charge in [-0.2, -0.15) is 0 Å². The fourth-order valence-corrected chi connectivity index (χ4v) is 3.80. The second-order valence-corrected chi connectivity index (χ2v) is 7.26. The van der Waals surface area contributed by atoms with E-state index in [1.54, 1.807) is 6.20 Å². The summed E-state index contributed by atoms with van der Waals surface area (Å²) in [5, 5.41) is 3.79. The number of likely N-dealkylation sites (N-methyl/N-ethyl adjacent to an activating group) is 1. The Hall–Kier alpha value is -2.44. The molecule has 3 aromatic rings. The molecular formula is C20H22ClN5O. The number of aromatic nitrogens is 3. The number of fused-ring (bicyclic) bond motifs is 1. The van der Waals surface area contributed by atoms with E-state index in [9.17, 15) is 4.79 Å². The molecule has 0 radical (unpaired) electrons.